The number of methoxy groups -OCH3 is 1. The molecule has 13 nitrogen and oxygen atoms in total. The molecule has 0 amide bonds. The Balaban J connectivity index is 2.02. The fraction of sp³-hybridized carbons (Fsp3) is 0.667. The minimum absolute atomic E-state index is 0.0700. The van der Waals surface area contributed by atoms with Gasteiger partial charge in [-0.3, -0.25) is 23.4 Å². The van der Waals surface area contributed by atoms with E-state index in [2.05, 4.69) is 19.5 Å². The summed E-state index contributed by atoms with van der Waals surface area (Å²) in [5.41, 5.74) is 5.42. The van der Waals surface area contributed by atoms with Crippen LogP contribution < -0.4 is 11.3 Å². The molecular weight excluding hydrogens is 409 g/mol. The van der Waals surface area contributed by atoms with Gasteiger partial charge in [-0.25, -0.2) is 9.55 Å². The standard InChI is InChI=1S/C15H24N5O8P/c1-4-8-10(28-29(22,23)25-3)11(26-6-5-24-2)14(27-8)20-7-17-9-12(20)18-15(16)19-13(9)21/h7-8,10-11,14H,4-6H2,1-3H3,(H,22,23)(H3,16,18,19,21)/t8-,10+,11?,14-/m1/s1. The van der Waals surface area contributed by atoms with Crippen LogP contribution in [-0.2, 0) is 27.8 Å². The van der Waals surface area contributed by atoms with E-state index < -0.39 is 37.9 Å². The lowest BCUT2D eigenvalue weighted by molar-refractivity contribution is -0.0761. The number of nitrogen functional groups attached to an aromatic ring is 1. The fourth-order valence-corrected chi connectivity index (χ4v) is 3.81. The molecule has 162 valence electrons. The van der Waals surface area contributed by atoms with Gasteiger partial charge in [-0.15, -0.1) is 0 Å². The van der Waals surface area contributed by atoms with Crippen molar-refractivity contribution in [2.24, 2.45) is 0 Å². The number of hydrogen-bond donors (Lipinski definition) is 3. The second-order valence-corrected chi connectivity index (χ2v) is 7.81. The van der Waals surface area contributed by atoms with Gasteiger partial charge in [-0.05, 0) is 6.42 Å². The second-order valence-electron chi connectivity index (χ2n) is 6.30. The molecule has 3 rings (SSSR count). The first kappa shape index (κ1) is 21.8. The number of nitrogens with two attached hydrogens (primary N) is 1. The van der Waals surface area contributed by atoms with Gasteiger partial charge in [-0.1, -0.05) is 6.92 Å². The van der Waals surface area contributed by atoms with E-state index in [0.717, 1.165) is 7.11 Å². The molecule has 0 saturated carbocycles. The van der Waals surface area contributed by atoms with Crippen molar-refractivity contribution < 1.29 is 32.7 Å². The molecule has 1 saturated heterocycles. The van der Waals surface area contributed by atoms with Gasteiger partial charge in [0.05, 0.1) is 25.6 Å². The smallest absolute Gasteiger partial charge is 0.382 e. The molecule has 1 aliphatic rings. The van der Waals surface area contributed by atoms with Crippen LogP contribution >= 0.6 is 7.82 Å². The molecule has 0 spiro atoms. The molecule has 14 heteroatoms. The fourth-order valence-electron chi connectivity index (χ4n) is 3.16. The monoisotopic (exact) mass is 433 g/mol. The number of phosphoric ester groups is 1. The Kier molecular flexibility index (Phi) is 6.69. The summed E-state index contributed by atoms with van der Waals surface area (Å²) < 4.78 is 40.3. The van der Waals surface area contributed by atoms with E-state index in [1.165, 1.54) is 18.0 Å². The Morgan fingerprint density at radius 1 is 1.38 bits per heavy atom. The Labute approximate surface area is 165 Å². The van der Waals surface area contributed by atoms with Crippen LogP contribution in [0.4, 0.5) is 5.95 Å². The Morgan fingerprint density at radius 2 is 2.14 bits per heavy atom. The number of aromatic nitrogens is 4. The van der Waals surface area contributed by atoms with E-state index in [-0.39, 0.29) is 30.3 Å². The van der Waals surface area contributed by atoms with Crippen molar-refractivity contribution in [3.8, 4) is 0 Å². The summed E-state index contributed by atoms with van der Waals surface area (Å²) >= 11 is 0. The minimum Gasteiger partial charge on any atom is -0.382 e. The molecule has 2 unspecified atom stereocenters. The van der Waals surface area contributed by atoms with Gasteiger partial charge in [0.15, 0.2) is 17.4 Å². The molecule has 0 aliphatic carbocycles. The van der Waals surface area contributed by atoms with Crippen molar-refractivity contribution in [3.63, 3.8) is 0 Å². The summed E-state index contributed by atoms with van der Waals surface area (Å²) in [6.07, 6.45) is -1.40. The quantitative estimate of drug-likeness (QED) is 0.363. The summed E-state index contributed by atoms with van der Waals surface area (Å²) in [5.74, 6) is -0.0850. The molecule has 0 radical (unpaired) electrons. The summed E-state index contributed by atoms with van der Waals surface area (Å²) in [5, 5.41) is 0. The average molecular weight is 433 g/mol. The summed E-state index contributed by atoms with van der Waals surface area (Å²) in [7, 11) is -1.74. The highest BCUT2D eigenvalue weighted by Gasteiger charge is 2.49. The van der Waals surface area contributed by atoms with Crippen LogP contribution in [0, 0.1) is 0 Å². The molecule has 2 aromatic rings. The van der Waals surface area contributed by atoms with Crippen LogP contribution in [0.15, 0.2) is 11.1 Å². The number of fused-ring (bicyclic) bond motifs is 1. The van der Waals surface area contributed by atoms with Crippen LogP contribution in [0.2, 0.25) is 0 Å². The highest BCUT2D eigenvalue weighted by Crippen LogP contribution is 2.48. The maximum Gasteiger partial charge on any atom is 0.472 e. The SMILES string of the molecule is CC[C@H]1O[C@@H](n2cnc3c(=O)[nH]c(N)nc32)C(OCCOC)[C@H]1OP(=O)(O)OC. The molecule has 5 atom stereocenters. The zero-order valence-electron chi connectivity index (χ0n) is 16.2. The maximum absolute atomic E-state index is 12.1. The lowest BCUT2D eigenvalue weighted by Crippen LogP contribution is -2.36. The van der Waals surface area contributed by atoms with Gasteiger partial charge in [0.1, 0.15) is 12.2 Å². The zero-order chi connectivity index (χ0) is 21.2. The number of aromatic amines is 1. The number of nitrogens with zero attached hydrogens (tertiary/aromatic N) is 3. The number of nitrogens with one attached hydrogen (secondary N) is 1. The second kappa shape index (κ2) is 8.88. The third-order valence-electron chi connectivity index (χ3n) is 4.50. The zero-order valence-corrected chi connectivity index (χ0v) is 17.1. The van der Waals surface area contributed by atoms with E-state index >= 15 is 0 Å². The minimum atomic E-state index is -4.32. The maximum atomic E-state index is 12.1. The van der Waals surface area contributed by atoms with Crippen LogP contribution in [0.1, 0.15) is 19.6 Å². The first-order valence-electron chi connectivity index (χ1n) is 8.86. The molecule has 1 fully saturated rings. The molecule has 3 heterocycles. The summed E-state index contributed by atoms with van der Waals surface area (Å²) in [6.45, 7) is 2.28. The molecular formula is C15H24N5O8P. The van der Waals surface area contributed by atoms with Crippen molar-refractivity contribution in [1.29, 1.82) is 0 Å². The third-order valence-corrected chi connectivity index (χ3v) is 5.47. The average Bonchev–Trinajstić information content (AvgIpc) is 3.23. The first-order valence-corrected chi connectivity index (χ1v) is 10.4. The van der Waals surface area contributed by atoms with Crippen molar-refractivity contribution in [3.05, 3.63) is 16.7 Å². The number of anilines is 1. The molecule has 2 aromatic heterocycles. The topological polar surface area (TPSA) is 173 Å². The van der Waals surface area contributed by atoms with Gasteiger partial charge in [0.2, 0.25) is 5.95 Å². The predicted octanol–water partition coefficient (Wildman–Crippen LogP) is 0.173. The molecule has 0 aromatic carbocycles. The number of ether oxygens (including phenoxy) is 3. The van der Waals surface area contributed by atoms with E-state index in [1.54, 1.807) is 0 Å². The molecule has 1 aliphatic heterocycles. The van der Waals surface area contributed by atoms with Crippen molar-refractivity contribution in [1.82, 2.24) is 19.5 Å². The molecule has 0 bridgehead atoms. The van der Waals surface area contributed by atoms with E-state index in [1.807, 2.05) is 6.92 Å². The first-order chi connectivity index (χ1) is 13.8. The van der Waals surface area contributed by atoms with E-state index in [4.69, 9.17) is 24.5 Å². The van der Waals surface area contributed by atoms with Gasteiger partial charge in [0, 0.05) is 14.2 Å². The van der Waals surface area contributed by atoms with Crippen molar-refractivity contribution in [2.45, 2.75) is 37.9 Å². The van der Waals surface area contributed by atoms with Gasteiger partial charge in [0.25, 0.3) is 5.56 Å². The number of H-pyrrole nitrogens is 1. The lowest BCUT2D eigenvalue weighted by atomic mass is 10.1. The third kappa shape index (κ3) is 4.51. The van der Waals surface area contributed by atoms with Crippen LogP contribution in [-0.4, -0.2) is 70.2 Å². The highest BCUT2D eigenvalue weighted by molar-refractivity contribution is 7.47. The van der Waals surface area contributed by atoms with Crippen LogP contribution in [0.3, 0.4) is 0 Å². The van der Waals surface area contributed by atoms with Gasteiger partial charge in [-0.2, -0.15) is 4.98 Å². The van der Waals surface area contributed by atoms with Gasteiger partial charge >= 0.3 is 7.82 Å². The van der Waals surface area contributed by atoms with Crippen LogP contribution in [0.25, 0.3) is 11.2 Å². The highest BCUT2D eigenvalue weighted by atomic mass is 31.2. The Morgan fingerprint density at radius 3 is 2.79 bits per heavy atom. The summed E-state index contributed by atoms with van der Waals surface area (Å²) in [6, 6.07) is 0. The number of phosphoric acid groups is 1. The lowest BCUT2D eigenvalue weighted by Gasteiger charge is -2.25. The molecule has 4 N–H and O–H groups in total. The number of hydrogen-bond acceptors (Lipinski definition) is 10. The van der Waals surface area contributed by atoms with E-state index in [9.17, 15) is 14.3 Å². The Hall–Kier alpha value is -1.86. The number of rotatable bonds is 9. The normalized spacial score (nSPS) is 26.8. The predicted molar refractivity (Wildman–Crippen MR) is 100 cm³/mol. The van der Waals surface area contributed by atoms with Crippen molar-refractivity contribution >= 4 is 24.9 Å². The van der Waals surface area contributed by atoms with Crippen LogP contribution in [0.5, 0.6) is 0 Å². The van der Waals surface area contributed by atoms with E-state index in [0.29, 0.717) is 6.42 Å². The number of imidazole rings is 1. The summed E-state index contributed by atoms with van der Waals surface area (Å²) in [4.78, 5) is 32.5. The Bertz CT molecular complexity index is 948. The van der Waals surface area contributed by atoms with Crippen molar-refractivity contribution in [2.75, 3.05) is 33.2 Å². The van der Waals surface area contributed by atoms with Gasteiger partial charge < -0.3 is 24.8 Å². The molecule has 29 heavy (non-hydrogen) atoms. The largest absolute Gasteiger partial charge is 0.472 e.